The zero-order valence-electron chi connectivity index (χ0n) is 13.7. The summed E-state index contributed by atoms with van der Waals surface area (Å²) in [5.74, 6) is 1.71. The summed E-state index contributed by atoms with van der Waals surface area (Å²) >= 11 is 1.66. The van der Waals surface area contributed by atoms with Gasteiger partial charge in [0.15, 0.2) is 5.13 Å². The van der Waals surface area contributed by atoms with Gasteiger partial charge in [0.25, 0.3) is 0 Å². The van der Waals surface area contributed by atoms with Crippen molar-refractivity contribution in [2.24, 2.45) is 5.92 Å². The van der Waals surface area contributed by atoms with Crippen molar-refractivity contribution < 1.29 is 9.53 Å². The van der Waals surface area contributed by atoms with E-state index in [0.717, 1.165) is 43.5 Å². The molecule has 2 heterocycles. The van der Waals surface area contributed by atoms with Crippen LogP contribution in [0.15, 0.2) is 35.8 Å². The highest BCUT2D eigenvalue weighted by Gasteiger charge is 2.46. The molecule has 0 N–H and O–H groups in total. The molecule has 2 aliphatic rings. The SMILES string of the molecule is COc1ccc([C@@H]2C[C@@H]2C(=O)N2CCN(c3nccs3)CC2)cc1. The van der Waals surface area contributed by atoms with Crippen molar-refractivity contribution in [2.45, 2.75) is 12.3 Å². The molecule has 0 bridgehead atoms. The number of thiazole rings is 1. The number of nitrogens with zero attached hydrogens (tertiary/aromatic N) is 3. The predicted octanol–water partition coefficient (Wildman–Crippen LogP) is 2.60. The molecule has 24 heavy (non-hydrogen) atoms. The molecule has 5 nitrogen and oxygen atoms in total. The van der Waals surface area contributed by atoms with Gasteiger partial charge in [-0.2, -0.15) is 0 Å². The molecule has 1 amide bonds. The zero-order valence-corrected chi connectivity index (χ0v) is 14.5. The van der Waals surface area contributed by atoms with Crippen molar-refractivity contribution in [3.05, 3.63) is 41.4 Å². The minimum Gasteiger partial charge on any atom is -0.497 e. The maximum atomic E-state index is 12.7. The highest BCUT2D eigenvalue weighted by molar-refractivity contribution is 7.13. The van der Waals surface area contributed by atoms with Gasteiger partial charge in [-0.15, -0.1) is 11.3 Å². The van der Waals surface area contributed by atoms with Crippen LogP contribution in [0.5, 0.6) is 5.75 Å². The van der Waals surface area contributed by atoms with Crippen LogP contribution in [0.25, 0.3) is 0 Å². The second-order valence-corrected chi connectivity index (χ2v) is 7.22. The standard InChI is InChI=1S/C18H21N3O2S/c1-23-14-4-2-13(3-5-14)15-12-16(15)17(22)20-7-9-21(10-8-20)18-19-6-11-24-18/h2-6,11,15-16H,7-10,12H2,1H3/t15-,16-/m0/s1. The second-order valence-electron chi connectivity index (χ2n) is 6.35. The Hall–Kier alpha value is -2.08. The molecule has 2 aromatic rings. The molecule has 4 rings (SSSR count). The molecule has 1 saturated carbocycles. The van der Waals surface area contributed by atoms with Gasteiger partial charge in [0.1, 0.15) is 5.75 Å². The molecule has 2 fully saturated rings. The molecule has 1 saturated heterocycles. The van der Waals surface area contributed by atoms with Crippen LogP contribution in [0.3, 0.4) is 0 Å². The fraction of sp³-hybridized carbons (Fsp3) is 0.444. The lowest BCUT2D eigenvalue weighted by molar-refractivity contribution is -0.132. The van der Waals surface area contributed by atoms with Crippen LogP contribution in [0.1, 0.15) is 17.9 Å². The molecule has 1 aromatic carbocycles. The average Bonchev–Trinajstić information content (AvgIpc) is 3.25. The van der Waals surface area contributed by atoms with Gasteiger partial charge in [-0.25, -0.2) is 4.98 Å². The Morgan fingerprint density at radius 3 is 2.58 bits per heavy atom. The first-order chi connectivity index (χ1) is 11.8. The number of piperazine rings is 1. The summed E-state index contributed by atoms with van der Waals surface area (Å²) < 4.78 is 5.20. The van der Waals surface area contributed by atoms with Crippen molar-refractivity contribution in [3.63, 3.8) is 0 Å². The van der Waals surface area contributed by atoms with Crippen LogP contribution in [0.2, 0.25) is 0 Å². The fourth-order valence-electron chi connectivity index (χ4n) is 3.41. The second kappa shape index (κ2) is 6.43. The van der Waals surface area contributed by atoms with E-state index in [2.05, 4.69) is 22.0 Å². The van der Waals surface area contributed by atoms with Crippen molar-refractivity contribution in [2.75, 3.05) is 38.2 Å². The van der Waals surface area contributed by atoms with Crippen LogP contribution in [-0.2, 0) is 4.79 Å². The van der Waals surface area contributed by atoms with Crippen molar-refractivity contribution >= 4 is 22.4 Å². The third-order valence-electron chi connectivity index (χ3n) is 4.93. The molecule has 1 aliphatic heterocycles. The minimum absolute atomic E-state index is 0.157. The summed E-state index contributed by atoms with van der Waals surface area (Å²) in [6, 6.07) is 8.11. The topological polar surface area (TPSA) is 45.7 Å². The van der Waals surface area contributed by atoms with Crippen molar-refractivity contribution in [3.8, 4) is 5.75 Å². The van der Waals surface area contributed by atoms with Crippen LogP contribution in [0.4, 0.5) is 5.13 Å². The number of carbonyl (C=O) groups is 1. The Kier molecular flexibility index (Phi) is 4.14. The lowest BCUT2D eigenvalue weighted by Gasteiger charge is -2.34. The van der Waals surface area contributed by atoms with Gasteiger partial charge in [-0.1, -0.05) is 12.1 Å². The number of benzene rings is 1. The average molecular weight is 343 g/mol. The fourth-order valence-corrected chi connectivity index (χ4v) is 4.11. The summed E-state index contributed by atoms with van der Waals surface area (Å²) in [6.07, 6.45) is 2.80. The van der Waals surface area contributed by atoms with Gasteiger partial charge in [-0.05, 0) is 30.0 Å². The summed E-state index contributed by atoms with van der Waals surface area (Å²) in [5.41, 5.74) is 1.25. The van der Waals surface area contributed by atoms with E-state index in [4.69, 9.17) is 4.74 Å². The van der Waals surface area contributed by atoms with Gasteiger partial charge in [-0.3, -0.25) is 4.79 Å². The summed E-state index contributed by atoms with van der Waals surface area (Å²) in [5, 5.41) is 3.06. The van der Waals surface area contributed by atoms with Crippen LogP contribution < -0.4 is 9.64 Å². The molecule has 0 unspecified atom stereocenters. The lowest BCUT2D eigenvalue weighted by atomic mass is 10.1. The molecule has 1 aliphatic carbocycles. The smallest absolute Gasteiger partial charge is 0.226 e. The van der Waals surface area contributed by atoms with E-state index in [0.29, 0.717) is 11.8 Å². The number of rotatable bonds is 4. The molecule has 0 spiro atoms. The normalized spacial score (nSPS) is 23.2. The molecule has 2 atom stereocenters. The molecule has 126 valence electrons. The highest BCUT2D eigenvalue weighted by atomic mass is 32.1. The van der Waals surface area contributed by atoms with E-state index < -0.39 is 0 Å². The summed E-state index contributed by atoms with van der Waals surface area (Å²) in [4.78, 5) is 21.4. The van der Waals surface area contributed by atoms with E-state index >= 15 is 0 Å². The molecule has 1 aromatic heterocycles. The van der Waals surface area contributed by atoms with Gasteiger partial charge < -0.3 is 14.5 Å². The van der Waals surface area contributed by atoms with Crippen LogP contribution >= 0.6 is 11.3 Å². The molecule has 0 radical (unpaired) electrons. The number of amides is 1. The lowest BCUT2D eigenvalue weighted by Crippen LogP contribution is -2.49. The van der Waals surface area contributed by atoms with E-state index in [9.17, 15) is 4.79 Å². The van der Waals surface area contributed by atoms with Crippen molar-refractivity contribution in [1.82, 2.24) is 9.88 Å². The van der Waals surface area contributed by atoms with Gasteiger partial charge in [0.2, 0.25) is 5.91 Å². The minimum atomic E-state index is 0.157. The third-order valence-corrected chi connectivity index (χ3v) is 5.76. The van der Waals surface area contributed by atoms with Gasteiger partial charge in [0, 0.05) is 43.7 Å². The zero-order chi connectivity index (χ0) is 16.5. The van der Waals surface area contributed by atoms with Gasteiger partial charge in [0.05, 0.1) is 7.11 Å². The monoisotopic (exact) mass is 343 g/mol. The maximum absolute atomic E-state index is 12.7. The number of methoxy groups -OCH3 is 1. The number of anilines is 1. The molecular weight excluding hydrogens is 322 g/mol. The Labute approximate surface area is 145 Å². The molecule has 6 heteroatoms. The largest absolute Gasteiger partial charge is 0.497 e. The summed E-state index contributed by atoms with van der Waals surface area (Å²) in [7, 11) is 1.67. The Morgan fingerprint density at radius 2 is 1.96 bits per heavy atom. The van der Waals surface area contributed by atoms with Crippen LogP contribution in [-0.4, -0.2) is 49.1 Å². The molecular formula is C18H21N3O2S. The maximum Gasteiger partial charge on any atom is 0.226 e. The van der Waals surface area contributed by atoms with E-state index in [1.54, 1.807) is 18.4 Å². The third kappa shape index (κ3) is 2.98. The number of aromatic nitrogens is 1. The van der Waals surface area contributed by atoms with E-state index in [1.807, 2.05) is 28.6 Å². The summed E-state index contributed by atoms with van der Waals surface area (Å²) in [6.45, 7) is 3.34. The predicted molar refractivity (Wildman–Crippen MR) is 94.7 cm³/mol. The van der Waals surface area contributed by atoms with Crippen LogP contribution in [0, 0.1) is 5.92 Å². The quantitative estimate of drug-likeness (QED) is 0.856. The van der Waals surface area contributed by atoms with E-state index in [1.165, 1.54) is 5.56 Å². The first kappa shape index (κ1) is 15.4. The Bertz CT molecular complexity index is 694. The number of carbonyl (C=O) groups excluding carboxylic acids is 1. The highest BCUT2D eigenvalue weighted by Crippen LogP contribution is 2.48. The Balaban J connectivity index is 1.32. The first-order valence-electron chi connectivity index (χ1n) is 8.33. The number of ether oxygens (including phenoxy) is 1. The number of hydrogen-bond acceptors (Lipinski definition) is 5. The number of hydrogen-bond donors (Lipinski definition) is 0. The Morgan fingerprint density at radius 1 is 1.21 bits per heavy atom. The first-order valence-corrected chi connectivity index (χ1v) is 9.21. The van der Waals surface area contributed by atoms with E-state index in [-0.39, 0.29) is 5.92 Å². The van der Waals surface area contributed by atoms with Gasteiger partial charge >= 0.3 is 0 Å². The van der Waals surface area contributed by atoms with Crippen molar-refractivity contribution in [1.29, 1.82) is 0 Å².